The highest BCUT2D eigenvalue weighted by molar-refractivity contribution is 5.97. The number of carbonyl (C=O) groups excluding carboxylic acids is 1. The molecule has 20 heavy (non-hydrogen) atoms. The van der Waals surface area contributed by atoms with Gasteiger partial charge in [0.05, 0.1) is 11.8 Å². The van der Waals surface area contributed by atoms with Gasteiger partial charge < -0.3 is 10.0 Å². The number of hydrogen-bond acceptors (Lipinski definition) is 2. The van der Waals surface area contributed by atoms with Gasteiger partial charge in [-0.15, -0.1) is 0 Å². The Bertz CT molecular complexity index is 518. The average Bonchev–Trinajstić information content (AvgIpc) is 2.85. The van der Waals surface area contributed by atoms with Crippen LogP contribution in [-0.4, -0.2) is 24.0 Å². The van der Waals surface area contributed by atoms with Gasteiger partial charge in [-0.2, -0.15) is 0 Å². The van der Waals surface area contributed by atoms with Gasteiger partial charge in [-0.1, -0.05) is 12.5 Å². The quantitative estimate of drug-likeness (QED) is 0.922. The maximum Gasteiger partial charge on any atom is 0.307 e. The Morgan fingerprint density at radius 2 is 1.65 bits per heavy atom. The van der Waals surface area contributed by atoms with Gasteiger partial charge in [-0.25, -0.2) is 0 Å². The molecule has 2 atom stereocenters. The molecule has 0 heterocycles. The van der Waals surface area contributed by atoms with Crippen molar-refractivity contribution in [1.82, 2.24) is 0 Å². The minimum Gasteiger partial charge on any atom is -0.481 e. The van der Waals surface area contributed by atoms with E-state index in [0.29, 0.717) is 12.8 Å². The maximum atomic E-state index is 12.5. The van der Waals surface area contributed by atoms with Crippen LogP contribution in [-0.2, 0) is 9.59 Å². The topological polar surface area (TPSA) is 57.6 Å². The second-order valence-corrected chi connectivity index (χ2v) is 5.73. The molecule has 1 aromatic rings. The van der Waals surface area contributed by atoms with Crippen molar-refractivity contribution in [1.29, 1.82) is 0 Å². The van der Waals surface area contributed by atoms with Gasteiger partial charge in [0.15, 0.2) is 0 Å². The number of rotatable bonds is 3. The molecule has 1 N–H and O–H groups in total. The van der Waals surface area contributed by atoms with Gasteiger partial charge >= 0.3 is 5.97 Å². The third-order valence-corrected chi connectivity index (χ3v) is 4.07. The van der Waals surface area contributed by atoms with Crippen molar-refractivity contribution in [2.75, 3.05) is 11.9 Å². The molecule has 0 spiro atoms. The summed E-state index contributed by atoms with van der Waals surface area (Å²) in [5.41, 5.74) is 3.03. The molecule has 0 unspecified atom stereocenters. The Kier molecular flexibility index (Phi) is 4.12. The van der Waals surface area contributed by atoms with Gasteiger partial charge in [0, 0.05) is 12.7 Å². The number of carboxylic acid groups (broad SMARTS) is 1. The fourth-order valence-corrected chi connectivity index (χ4v) is 3.07. The predicted molar refractivity (Wildman–Crippen MR) is 77.8 cm³/mol. The van der Waals surface area contributed by atoms with E-state index in [4.69, 9.17) is 0 Å². The molecule has 1 aliphatic carbocycles. The molecular weight excluding hydrogens is 254 g/mol. The fourth-order valence-electron chi connectivity index (χ4n) is 3.07. The zero-order valence-corrected chi connectivity index (χ0v) is 12.2. The lowest BCUT2D eigenvalue weighted by Gasteiger charge is -2.24. The third kappa shape index (κ3) is 2.84. The van der Waals surface area contributed by atoms with Gasteiger partial charge in [0.25, 0.3) is 0 Å². The number of carbonyl (C=O) groups is 2. The lowest BCUT2D eigenvalue weighted by atomic mass is 9.94. The Balaban J connectivity index is 2.22. The molecule has 4 nitrogen and oxygen atoms in total. The number of hydrogen-bond donors (Lipinski definition) is 1. The highest BCUT2D eigenvalue weighted by Crippen LogP contribution is 2.34. The predicted octanol–water partition coefficient (Wildman–Crippen LogP) is 2.77. The van der Waals surface area contributed by atoms with E-state index in [0.717, 1.165) is 23.2 Å². The van der Waals surface area contributed by atoms with E-state index >= 15 is 0 Å². The number of nitrogens with zero attached hydrogens (tertiary/aromatic N) is 1. The van der Waals surface area contributed by atoms with E-state index in [1.807, 2.05) is 26.0 Å². The molecule has 0 bridgehead atoms. The standard InChI is InChI=1S/C16H21NO3/c1-10-7-11(2)9-12(8-10)17(3)15(18)13-5-4-6-14(13)16(19)20/h7-9,13-14H,4-6H2,1-3H3,(H,19,20)/t13-,14+/m1/s1. The van der Waals surface area contributed by atoms with Crippen molar-refractivity contribution in [3.8, 4) is 0 Å². The van der Waals surface area contributed by atoms with Crippen molar-refractivity contribution in [3.05, 3.63) is 29.3 Å². The van der Waals surface area contributed by atoms with E-state index in [-0.39, 0.29) is 5.91 Å². The first-order chi connectivity index (χ1) is 9.40. The Hall–Kier alpha value is -1.84. The van der Waals surface area contributed by atoms with Crippen LogP contribution in [0.1, 0.15) is 30.4 Å². The van der Waals surface area contributed by atoms with Crippen molar-refractivity contribution in [2.45, 2.75) is 33.1 Å². The minimum atomic E-state index is -0.852. The van der Waals surface area contributed by atoms with Crippen LogP contribution >= 0.6 is 0 Å². The summed E-state index contributed by atoms with van der Waals surface area (Å²) in [4.78, 5) is 25.4. The fraction of sp³-hybridized carbons (Fsp3) is 0.500. The summed E-state index contributed by atoms with van der Waals surface area (Å²) in [6, 6.07) is 5.96. The number of anilines is 1. The molecule has 0 radical (unpaired) electrons. The normalized spacial score (nSPS) is 21.8. The number of carboxylic acids is 1. The highest BCUT2D eigenvalue weighted by atomic mass is 16.4. The summed E-state index contributed by atoms with van der Waals surface area (Å²) in [5, 5.41) is 9.20. The van der Waals surface area contributed by atoms with Crippen LogP contribution in [0.15, 0.2) is 18.2 Å². The largest absolute Gasteiger partial charge is 0.481 e. The zero-order valence-electron chi connectivity index (χ0n) is 12.2. The summed E-state index contributed by atoms with van der Waals surface area (Å²) in [5.74, 6) is -1.86. The second-order valence-electron chi connectivity index (χ2n) is 5.73. The highest BCUT2D eigenvalue weighted by Gasteiger charge is 2.39. The molecule has 1 fully saturated rings. The van der Waals surface area contributed by atoms with Crippen LogP contribution in [0, 0.1) is 25.7 Å². The van der Waals surface area contributed by atoms with Crippen LogP contribution in [0.25, 0.3) is 0 Å². The lowest BCUT2D eigenvalue weighted by Crippen LogP contribution is -2.36. The molecule has 1 saturated carbocycles. The van der Waals surface area contributed by atoms with E-state index in [1.54, 1.807) is 11.9 Å². The van der Waals surface area contributed by atoms with Crippen LogP contribution in [0.5, 0.6) is 0 Å². The molecule has 108 valence electrons. The van der Waals surface area contributed by atoms with Crippen molar-refractivity contribution < 1.29 is 14.7 Å². The van der Waals surface area contributed by atoms with Gasteiger partial charge in [0.1, 0.15) is 0 Å². The number of aryl methyl sites for hydroxylation is 2. The molecule has 2 rings (SSSR count). The Labute approximate surface area is 119 Å². The average molecular weight is 275 g/mol. The first-order valence-corrected chi connectivity index (χ1v) is 6.99. The second kappa shape index (κ2) is 5.65. The molecule has 0 aromatic heterocycles. The smallest absolute Gasteiger partial charge is 0.307 e. The van der Waals surface area contributed by atoms with Crippen molar-refractivity contribution >= 4 is 17.6 Å². The number of aliphatic carboxylic acids is 1. The zero-order chi connectivity index (χ0) is 14.9. The molecule has 1 aromatic carbocycles. The molecule has 0 aliphatic heterocycles. The van der Waals surface area contributed by atoms with Crippen LogP contribution in [0.2, 0.25) is 0 Å². The van der Waals surface area contributed by atoms with E-state index in [1.165, 1.54) is 0 Å². The van der Waals surface area contributed by atoms with Crippen molar-refractivity contribution in [2.24, 2.45) is 11.8 Å². The third-order valence-electron chi connectivity index (χ3n) is 4.07. The molecular formula is C16H21NO3. The minimum absolute atomic E-state index is 0.0834. The number of amides is 1. The van der Waals surface area contributed by atoms with Crippen molar-refractivity contribution in [3.63, 3.8) is 0 Å². The van der Waals surface area contributed by atoms with Crippen LogP contribution in [0.4, 0.5) is 5.69 Å². The van der Waals surface area contributed by atoms with Crippen LogP contribution < -0.4 is 4.90 Å². The summed E-state index contributed by atoms with van der Waals surface area (Å²) < 4.78 is 0. The molecule has 0 saturated heterocycles. The Morgan fingerprint density at radius 1 is 1.10 bits per heavy atom. The first kappa shape index (κ1) is 14.6. The van der Waals surface area contributed by atoms with E-state index < -0.39 is 17.8 Å². The van der Waals surface area contributed by atoms with Gasteiger partial charge in [-0.3, -0.25) is 9.59 Å². The Morgan fingerprint density at radius 3 is 2.20 bits per heavy atom. The number of benzene rings is 1. The van der Waals surface area contributed by atoms with Gasteiger partial charge in [0.2, 0.25) is 5.91 Å². The molecule has 1 aliphatic rings. The molecule has 4 heteroatoms. The summed E-state index contributed by atoms with van der Waals surface area (Å²) >= 11 is 0. The maximum absolute atomic E-state index is 12.5. The molecule has 1 amide bonds. The lowest BCUT2D eigenvalue weighted by molar-refractivity contribution is -0.145. The summed E-state index contributed by atoms with van der Waals surface area (Å²) in [6.07, 6.45) is 2.09. The summed E-state index contributed by atoms with van der Waals surface area (Å²) in [7, 11) is 1.73. The van der Waals surface area contributed by atoms with E-state index in [2.05, 4.69) is 6.07 Å². The SMILES string of the molecule is Cc1cc(C)cc(N(C)C(=O)[C@@H]2CCC[C@@H]2C(=O)O)c1. The monoisotopic (exact) mass is 275 g/mol. The van der Waals surface area contributed by atoms with E-state index in [9.17, 15) is 14.7 Å². The summed E-state index contributed by atoms with van der Waals surface area (Å²) in [6.45, 7) is 3.98. The van der Waals surface area contributed by atoms with Crippen LogP contribution in [0.3, 0.4) is 0 Å². The van der Waals surface area contributed by atoms with Gasteiger partial charge in [-0.05, 0) is 49.9 Å². The first-order valence-electron chi connectivity index (χ1n) is 6.99.